The second-order valence-corrected chi connectivity index (χ2v) is 8.11. The molecule has 0 spiro atoms. The normalized spacial score (nSPS) is 26.4. The molecule has 0 aromatic rings. The predicted octanol–water partition coefficient (Wildman–Crippen LogP) is 4.21. The fourth-order valence-corrected chi connectivity index (χ4v) is 3.94. The Morgan fingerprint density at radius 1 is 1.04 bits per heavy atom. The van der Waals surface area contributed by atoms with Crippen LogP contribution in [0.1, 0.15) is 84.0 Å². The third-order valence-electron chi connectivity index (χ3n) is 5.66. The number of hydrogen-bond donors (Lipinski definition) is 4. The molecule has 0 bridgehead atoms. The predicted molar refractivity (Wildman–Crippen MR) is 112 cm³/mol. The average Bonchev–Trinajstić information content (AvgIpc) is 2.91. The largest absolute Gasteiger partial charge is 0.481 e. The van der Waals surface area contributed by atoms with Crippen LogP contribution in [-0.4, -0.2) is 44.7 Å². The quantitative estimate of drug-likeness (QED) is 0.245. The highest BCUT2D eigenvalue weighted by atomic mass is 16.4. The van der Waals surface area contributed by atoms with Crippen LogP contribution >= 0.6 is 0 Å². The van der Waals surface area contributed by atoms with E-state index >= 15 is 0 Å². The van der Waals surface area contributed by atoms with Crippen molar-refractivity contribution in [1.29, 1.82) is 0 Å². The van der Waals surface area contributed by atoms with E-state index < -0.39 is 24.3 Å². The number of aliphatic hydroxyl groups is 3. The summed E-state index contributed by atoms with van der Waals surface area (Å²) in [6.07, 6.45) is 16.3. The molecule has 1 fully saturated rings. The number of rotatable bonds is 15. The van der Waals surface area contributed by atoms with Gasteiger partial charge in [-0.15, -0.1) is 0 Å². The standard InChI is InChI=1S/C23H40O5/c1-2-3-4-5-6-9-12-18(24)15-16-20-19(21(25)17-22(20)26)13-10-7-8-11-14-23(27)28/h7,10,15-16,18-22,24-26H,2-6,8-9,11-14,17H2,1H3,(H,27,28)/b10-7-,16-15-/t18?,19?,20-,21?,22?/m1/s1. The lowest BCUT2D eigenvalue weighted by atomic mass is 9.89. The lowest BCUT2D eigenvalue weighted by Crippen LogP contribution is -2.20. The molecule has 0 amide bonds. The van der Waals surface area contributed by atoms with Crippen LogP contribution in [0.25, 0.3) is 0 Å². The third-order valence-corrected chi connectivity index (χ3v) is 5.66. The van der Waals surface area contributed by atoms with Crippen molar-refractivity contribution in [1.82, 2.24) is 0 Å². The van der Waals surface area contributed by atoms with Gasteiger partial charge in [0, 0.05) is 18.8 Å². The van der Waals surface area contributed by atoms with Crippen LogP contribution < -0.4 is 0 Å². The molecule has 162 valence electrons. The summed E-state index contributed by atoms with van der Waals surface area (Å²) >= 11 is 0. The van der Waals surface area contributed by atoms with E-state index in [1.165, 1.54) is 25.7 Å². The molecule has 28 heavy (non-hydrogen) atoms. The maximum absolute atomic E-state index is 10.5. The molecule has 0 aromatic carbocycles. The topological polar surface area (TPSA) is 98.0 Å². The van der Waals surface area contributed by atoms with Gasteiger partial charge in [-0.3, -0.25) is 4.79 Å². The molecule has 0 aromatic heterocycles. The molecule has 0 saturated heterocycles. The molecule has 1 saturated carbocycles. The molecular formula is C23H40O5. The van der Waals surface area contributed by atoms with Crippen LogP contribution in [0, 0.1) is 11.8 Å². The van der Waals surface area contributed by atoms with E-state index in [0.717, 1.165) is 19.3 Å². The van der Waals surface area contributed by atoms with Crippen LogP contribution in [0.15, 0.2) is 24.3 Å². The van der Waals surface area contributed by atoms with Crippen molar-refractivity contribution in [2.24, 2.45) is 11.8 Å². The van der Waals surface area contributed by atoms with E-state index in [1.54, 1.807) is 6.08 Å². The van der Waals surface area contributed by atoms with Gasteiger partial charge in [0.15, 0.2) is 0 Å². The number of hydrogen-bond acceptors (Lipinski definition) is 4. The van der Waals surface area contributed by atoms with Crippen molar-refractivity contribution in [3.05, 3.63) is 24.3 Å². The van der Waals surface area contributed by atoms with E-state index in [1.807, 2.05) is 18.2 Å². The maximum Gasteiger partial charge on any atom is 0.303 e. The van der Waals surface area contributed by atoms with E-state index in [4.69, 9.17) is 5.11 Å². The number of aliphatic carboxylic acids is 1. The second-order valence-electron chi connectivity index (χ2n) is 8.11. The van der Waals surface area contributed by atoms with Crippen LogP contribution in [0.2, 0.25) is 0 Å². The first-order valence-corrected chi connectivity index (χ1v) is 11.0. The van der Waals surface area contributed by atoms with Gasteiger partial charge in [0.05, 0.1) is 18.3 Å². The summed E-state index contributed by atoms with van der Waals surface area (Å²) in [6.45, 7) is 2.20. The Balaban J connectivity index is 2.37. The molecule has 0 radical (unpaired) electrons. The first-order valence-electron chi connectivity index (χ1n) is 11.0. The van der Waals surface area contributed by atoms with E-state index in [2.05, 4.69) is 6.92 Å². The van der Waals surface area contributed by atoms with Gasteiger partial charge in [-0.1, -0.05) is 69.8 Å². The van der Waals surface area contributed by atoms with Gasteiger partial charge < -0.3 is 20.4 Å². The first kappa shape index (κ1) is 24.9. The van der Waals surface area contributed by atoms with Crippen molar-refractivity contribution in [3.63, 3.8) is 0 Å². The number of aliphatic hydroxyl groups excluding tert-OH is 3. The molecule has 1 aliphatic carbocycles. The highest BCUT2D eigenvalue weighted by Gasteiger charge is 2.39. The van der Waals surface area contributed by atoms with Gasteiger partial charge >= 0.3 is 5.97 Å². The SMILES string of the molecule is CCCCCCCCC(O)/C=C\[C@H]1C(O)CC(O)C1C/C=C\CCCC(=O)O. The average molecular weight is 397 g/mol. The first-order chi connectivity index (χ1) is 13.5. The highest BCUT2D eigenvalue weighted by molar-refractivity contribution is 5.66. The molecule has 5 atom stereocenters. The molecule has 1 rings (SSSR count). The lowest BCUT2D eigenvalue weighted by molar-refractivity contribution is -0.137. The summed E-state index contributed by atoms with van der Waals surface area (Å²) in [7, 11) is 0. The number of carbonyl (C=O) groups is 1. The van der Waals surface area contributed by atoms with E-state index in [9.17, 15) is 20.1 Å². The summed E-state index contributed by atoms with van der Waals surface area (Å²) < 4.78 is 0. The fraction of sp³-hybridized carbons (Fsp3) is 0.783. The van der Waals surface area contributed by atoms with Gasteiger partial charge in [0.2, 0.25) is 0 Å². The number of carboxylic acid groups (broad SMARTS) is 1. The van der Waals surface area contributed by atoms with Gasteiger partial charge in [-0.2, -0.15) is 0 Å². The Morgan fingerprint density at radius 2 is 1.75 bits per heavy atom. The molecule has 4 N–H and O–H groups in total. The van der Waals surface area contributed by atoms with Gasteiger partial charge in [0.25, 0.3) is 0 Å². The Kier molecular flexibility index (Phi) is 13.1. The van der Waals surface area contributed by atoms with Crippen LogP contribution in [0.4, 0.5) is 0 Å². The molecule has 4 unspecified atom stereocenters. The lowest BCUT2D eigenvalue weighted by Gasteiger charge is -2.19. The Hall–Kier alpha value is -1.17. The van der Waals surface area contributed by atoms with E-state index in [-0.39, 0.29) is 18.3 Å². The van der Waals surface area contributed by atoms with Crippen molar-refractivity contribution >= 4 is 5.97 Å². The Bertz CT molecular complexity index is 474. The number of carboxylic acids is 1. The highest BCUT2D eigenvalue weighted by Crippen LogP contribution is 2.36. The second kappa shape index (κ2) is 14.8. The molecule has 5 heteroatoms. The van der Waals surface area contributed by atoms with Crippen molar-refractivity contribution in [2.45, 2.75) is 102 Å². The zero-order valence-corrected chi connectivity index (χ0v) is 17.4. The third kappa shape index (κ3) is 10.4. The van der Waals surface area contributed by atoms with Crippen LogP contribution in [-0.2, 0) is 4.79 Å². The van der Waals surface area contributed by atoms with Crippen molar-refractivity contribution in [2.75, 3.05) is 0 Å². The molecule has 0 heterocycles. The summed E-state index contributed by atoms with van der Waals surface area (Å²) in [4.78, 5) is 10.5. The fourth-order valence-electron chi connectivity index (χ4n) is 3.94. The zero-order chi connectivity index (χ0) is 20.8. The van der Waals surface area contributed by atoms with Crippen LogP contribution in [0.5, 0.6) is 0 Å². The Labute approximate surface area is 170 Å². The summed E-state index contributed by atoms with van der Waals surface area (Å²) in [5.74, 6) is -1.01. The maximum atomic E-state index is 10.5. The molecule has 5 nitrogen and oxygen atoms in total. The number of allylic oxidation sites excluding steroid dienone is 2. The molecule has 1 aliphatic rings. The monoisotopic (exact) mass is 396 g/mol. The van der Waals surface area contributed by atoms with Crippen molar-refractivity contribution < 1.29 is 25.2 Å². The van der Waals surface area contributed by atoms with Gasteiger partial charge in [0.1, 0.15) is 0 Å². The van der Waals surface area contributed by atoms with Crippen LogP contribution in [0.3, 0.4) is 0 Å². The van der Waals surface area contributed by atoms with Crippen molar-refractivity contribution in [3.8, 4) is 0 Å². The summed E-state index contributed by atoms with van der Waals surface area (Å²) in [5, 5.41) is 39.3. The summed E-state index contributed by atoms with van der Waals surface area (Å²) in [5.41, 5.74) is 0. The Morgan fingerprint density at radius 3 is 2.46 bits per heavy atom. The molecule has 0 aliphatic heterocycles. The van der Waals surface area contributed by atoms with Gasteiger partial charge in [-0.05, 0) is 31.6 Å². The minimum Gasteiger partial charge on any atom is -0.481 e. The number of unbranched alkanes of at least 4 members (excludes halogenated alkanes) is 6. The summed E-state index contributed by atoms with van der Waals surface area (Å²) in [6, 6.07) is 0. The molecular weight excluding hydrogens is 356 g/mol. The van der Waals surface area contributed by atoms with E-state index in [0.29, 0.717) is 25.7 Å². The van der Waals surface area contributed by atoms with Gasteiger partial charge in [-0.25, -0.2) is 0 Å². The minimum atomic E-state index is -0.785. The zero-order valence-electron chi connectivity index (χ0n) is 17.4. The smallest absolute Gasteiger partial charge is 0.303 e. The minimum absolute atomic E-state index is 0.0665.